The second-order valence-electron chi connectivity index (χ2n) is 4.68. The Hall–Kier alpha value is -3.02. The highest BCUT2D eigenvalue weighted by Gasteiger charge is 2.23. The molecule has 0 atom stereocenters. The molecule has 0 aliphatic heterocycles. The zero-order valence-corrected chi connectivity index (χ0v) is 12.4. The highest BCUT2D eigenvalue weighted by atomic mass is 16.6. The molecule has 0 aliphatic carbocycles. The number of hydrogen-bond acceptors (Lipinski definition) is 6. The summed E-state index contributed by atoms with van der Waals surface area (Å²) in [6, 6.07) is 10.2. The van der Waals surface area contributed by atoms with Gasteiger partial charge in [0.25, 0.3) is 0 Å². The lowest BCUT2D eigenvalue weighted by atomic mass is 10.1. The summed E-state index contributed by atoms with van der Waals surface area (Å²) < 4.78 is 20.7. The Morgan fingerprint density at radius 2 is 1.87 bits per heavy atom. The molecule has 0 saturated heterocycles. The van der Waals surface area contributed by atoms with Crippen molar-refractivity contribution in [2.45, 2.75) is 13.5 Å². The molecule has 0 bridgehead atoms. The van der Waals surface area contributed by atoms with E-state index in [4.69, 9.17) is 18.3 Å². The van der Waals surface area contributed by atoms with Gasteiger partial charge in [0.2, 0.25) is 11.5 Å². The van der Waals surface area contributed by atoms with Crippen molar-refractivity contribution < 1.29 is 27.9 Å². The minimum Gasteiger partial charge on any atom is -0.460 e. The van der Waals surface area contributed by atoms with Gasteiger partial charge < -0.3 is 18.3 Å². The van der Waals surface area contributed by atoms with Gasteiger partial charge in [-0.3, -0.25) is 0 Å². The van der Waals surface area contributed by atoms with Gasteiger partial charge in [-0.25, -0.2) is 9.59 Å². The summed E-state index contributed by atoms with van der Waals surface area (Å²) >= 11 is 0. The second-order valence-corrected chi connectivity index (χ2v) is 4.68. The van der Waals surface area contributed by atoms with Crippen LogP contribution in [0, 0.1) is 0 Å². The van der Waals surface area contributed by atoms with E-state index < -0.39 is 11.9 Å². The number of fused-ring (bicyclic) bond motifs is 1. The first-order valence-corrected chi connectivity index (χ1v) is 7.09. The third kappa shape index (κ3) is 2.96. The fourth-order valence-electron chi connectivity index (χ4n) is 2.21. The second kappa shape index (κ2) is 6.39. The van der Waals surface area contributed by atoms with Gasteiger partial charge >= 0.3 is 11.9 Å². The maximum absolute atomic E-state index is 12.0. The molecule has 3 aromatic rings. The van der Waals surface area contributed by atoms with Gasteiger partial charge in [0, 0.05) is 5.39 Å². The van der Waals surface area contributed by atoms with E-state index in [0.717, 1.165) is 0 Å². The summed E-state index contributed by atoms with van der Waals surface area (Å²) in [7, 11) is 0. The molecule has 23 heavy (non-hydrogen) atoms. The van der Waals surface area contributed by atoms with Crippen LogP contribution in [0.25, 0.3) is 11.0 Å². The Morgan fingerprint density at radius 1 is 1.04 bits per heavy atom. The lowest BCUT2D eigenvalue weighted by Gasteiger charge is -2.04. The number of benzene rings is 1. The van der Waals surface area contributed by atoms with Crippen molar-refractivity contribution in [1.82, 2.24) is 0 Å². The first-order chi connectivity index (χ1) is 11.2. The van der Waals surface area contributed by atoms with Crippen LogP contribution in [-0.4, -0.2) is 18.5 Å². The van der Waals surface area contributed by atoms with Crippen molar-refractivity contribution in [3.8, 4) is 0 Å². The number of ether oxygens (including phenoxy) is 2. The van der Waals surface area contributed by atoms with E-state index in [1.165, 1.54) is 12.3 Å². The van der Waals surface area contributed by atoms with Gasteiger partial charge in [-0.2, -0.15) is 0 Å². The fourth-order valence-corrected chi connectivity index (χ4v) is 2.21. The zero-order chi connectivity index (χ0) is 16.2. The number of rotatable bonds is 5. The lowest BCUT2D eigenvalue weighted by molar-refractivity contribution is 0.0411. The molecule has 2 heterocycles. The molecule has 0 saturated carbocycles. The van der Waals surface area contributed by atoms with E-state index in [0.29, 0.717) is 16.5 Å². The van der Waals surface area contributed by atoms with Gasteiger partial charge in [-0.15, -0.1) is 0 Å². The Balaban J connectivity index is 1.90. The molecule has 0 spiro atoms. The van der Waals surface area contributed by atoms with Crippen LogP contribution in [0.4, 0.5) is 0 Å². The number of esters is 2. The predicted molar refractivity (Wildman–Crippen MR) is 80.0 cm³/mol. The maximum Gasteiger partial charge on any atom is 0.374 e. The van der Waals surface area contributed by atoms with Gasteiger partial charge in [0.15, 0.2) is 0 Å². The van der Waals surface area contributed by atoms with Crippen LogP contribution >= 0.6 is 0 Å². The summed E-state index contributed by atoms with van der Waals surface area (Å²) in [5.74, 6) is -1.07. The standard InChI is InChI=1S/C17H14O6/c1-2-20-17(19)15-12(11-6-3-4-7-13(11)23-15)10-22-16(18)14-8-5-9-21-14/h3-9H,2,10H2,1H3. The molecule has 0 aliphatic rings. The number of hydrogen-bond donors (Lipinski definition) is 0. The summed E-state index contributed by atoms with van der Waals surface area (Å²) in [6.45, 7) is 1.81. The smallest absolute Gasteiger partial charge is 0.374 e. The number of para-hydroxylation sites is 1. The third-order valence-electron chi connectivity index (χ3n) is 3.23. The molecular formula is C17H14O6. The van der Waals surface area contributed by atoms with Gasteiger partial charge in [-0.05, 0) is 25.1 Å². The molecule has 0 fully saturated rings. The topological polar surface area (TPSA) is 78.9 Å². The summed E-state index contributed by atoms with van der Waals surface area (Å²) in [5, 5.41) is 0.697. The van der Waals surface area contributed by atoms with Crippen LogP contribution < -0.4 is 0 Å². The Bertz CT molecular complexity index is 828. The quantitative estimate of drug-likeness (QED) is 0.670. The molecule has 0 radical (unpaired) electrons. The van der Waals surface area contributed by atoms with Crippen LogP contribution in [0.2, 0.25) is 0 Å². The highest BCUT2D eigenvalue weighted by Crippen LogP contribution is 2.27. The maximum atomic E-state index is 12.0. The van der Waals surface area contributed by atoms with Crippen molar-refractivity contribution in [3.63, 3.8) is 0 Å². The first-order valence-electron chi connectivity index (χ1n) is 7.09. The minimum absolute atomic E-state index is 0.0419. The molecule has 0 N–H and O–H groups in total. The Kier molecular flexibility index (Phi) is 4.14. The first kappa shape index (κ1) is 14.9. The molecule has 6 heteroatoms. The molecule has 6 nitrogen and oxygen atoms in total. The average Bonchev–Trinajstić information content (AvgIpc) is 3.20. The molecule has 0 unspecified atom stereocenters. The number of furan rings is 2. The van der Waals surface area contributed by atoms with Gasteiger partial charge in [0.05, 0.1) is 18.4 Å². The molecular weight excluding hydrogens is 300 g/mol. The van der Waals surface area contributed by atoms with Gasteiger partial charge in [-0.1, -0.05) is 18.2 Å². The summed E-state index contributed by atoms with van der Waals surface area (Å²) in [5.41, 5.74) is 0.999. The van der Waals surface area contributed by atoms with E-state index in [1.54, 1.807) is 31.2 Å². The molecule has 0 amide bonds. The molecule has 3 rings (SSSR count). The van der Waals surface area contributed by atoms with Crippen LogP contribution in [0.5, 0.6) is 0 Å². The number of carbonyl (C=O) groups excluding carboxylic acids is 2. The van der Waals surface area contributed by atoms with Crippen molar-refractivity contribution in [2.75, 3.05) is 6.61 Å². The van der Waals surface area contributed by atoms with Gasteiger partial charge in [0.1, 0.15) is 12.2 Å². The van der Waals surface area contributed by atoms with Crippen molar-refractivity contribution >= 4 is 22.9 Å². The zero-order valence-electron chi connectivity index (χ0n) is 12.4. The highest BCUT2D eigenvalue weighted by molar-refractivity contribution is 5.96. The normalized spacial score (nSPS) is 10.7. The molecule has 2 aromatic heterocycles. The van der Waals surface area contributed by atoms with Crippen LogP contribution in [0.1, 0.15) is 33.6 Å². The van der Waals surface area contributed by atoms with E-state index in [1.807, 2.05) is 6.07 Å². The monoisotopic (exact) mass is 314 g/mol. The largest absolute Gasteiger partial charge is 0.460 e. The summed E-state index contributed by atoms with van der Waals surface area (Å²) in [6.07, 6.45) is 1.38. The van der Waals surface area contributed by atoms with E-state index >= 15 is 0 Å². The van der Waals surface area contributed by atoms with E-state index in [9.17, 15) is 9.59 Å². The summed E-state index contributed by atoms with van der Waals surface area (Å²) in [4.78, 5) is 23.9. The predicted octanol–water partition coefficient (Wildman–Crippen LogP) is 3.56. The van der Waals surface area contributed by atoms with Crippen LogP contribution in [0.3, 0.4) is 0 Å². The average molecular weight is 314 g/mol. The van der Waals surface area contributed by atoms with Crippen molar-refractivity contribution in [2.24, 2.45) is 0 Å². The van der Waals surface area contributed by atoms with Crippen molar-refractivity contribution in [3.05, 3.63) is 59.7 Å². The van der Waals surface area contributed by atoms with Crippen molar-refractivity contribution in [1.29, 1.82) is 0 Å². The SMILES string of the molecule is CCOC(=O)c1oc2ccccc2c1COC(=O)c1ccco1. The third-order valence-corrected chi connectivity index (χ3v) is 3.23. The van der Waals surface area contributed by atoms with Crippen LogP contribution in [0.15, 0.2) is 51.5 Å². The lowest BCUT2D eigenvalue weighted by Crippen LogP contribution is -2.09. The minimum atomic E-state index is -0.616. The fraction of sp³-hybridized carbons (Fsp3) is 0.176. The van der Waals surface area contributed by atoms with E-state index in [-0.39, 0.29) is 24.7 Å². The Morgan fingerprint density at radius 3 is 2.61 bits per heavy atom. The molecule has 118 valence electrons. The molecule has 1 aromatic carbocycles. The van der Waals surface area contributed by atoms with Crippen LogP contribution in [-0.2, 0) is 16.1 Å². The Labute approximate surface area is 131 Å². The number of carbonyl (C=O) groups is 2. The van der Waals surface area contributed by atoms with E-state index in [2.05, 4.69) is 0 Å².